The summed E-state index contributed by atoms with van der Waals surface area (Å²) in [6.07, 6.45) is 1.84. The zero-order valence-electron chi connectivity index (χ0n) is 16.4. The summed E-state index contributed by atoms with van der Waals surface area (Å²) in [6, 6.07) is 18.4. The van der Waals surface area contributed by atoms with Crippen LogP contribution in [0.2, 0.25) is 0 Å². The van der Waals surface area contributed by atoms with Gasteiger partial charge >= 0.3 is 5.97 Å². The van der Waals surface area contributed by atoms with E-state index < -0.39 is 5.97 Å². The number of nitrogens with zero attached hydrogens (tertiary/aromatic N) is 2. The SMILES string of the molecule is CSc1c(C#N)c(-c2ccc(-c3cccc(C(C)C)c3)cc2)c(C(=O)O)n1C. The van der Waals surface area contributed by atoms with E-state index in [-0.39, 0.29) is 5.69 Å². The van der Waals surface area contributed by atoms with Crippen LogP contribution in [-0.2, 0) is 7.05 Å². The molecular weight excluding hydrogens is 368 g/mol. The van der Waals surface area contributed by atoms with Crippen molar-refractivity contribution in [2.75, 3.05) is 6.26 Å². The molecule has 28 heavy (non-hydrogen) atoms. The summed E-state index contributed by atoms with van der Waals surface area (Å²) in [5.74, 6) is -0.590. The third-order valence-electron chi connectivity index (χ3n) is 4.91. The number of thioether (sulfide) groups is 1. The summed E-state index contributed by atoms with van der Waals surface area (Å²) >= 11 is 1.38. The average molecular weight is 391 g/mol. The minimum absolute atomic E-state index is 0.135. The first kappa shape index (κ1) is 19.8. The van der Waals surface area contributed by atoms with E-state index in [0.29, 0.717) is 22.1 Å². The number of carboxylic acids is 1. The topological polar surface area (TPSA) is 66.0 Å². The minimum Gasteiger partial charge on any atom is -0.477 e. The number of benzene rings is 2. The van der Waals surface area contributed by atoms with Gasteiger partial charge in [0.25, 0.3) is 0 Å². The van der Waals surface area contributed by atoms with Crippen molar-refractivity contribution in [2.45, 2.75) is 24.8 Å². The molecule has 0 bridgehead atoms. The number of nitriles is 1. The van der Waals surface area contributed by atoms with Gasteiger partial charge in [-0.3, -0.25) is 0 Å². The van der Waals surface area contributed by atoms with E-state index in [9.17, 15) is 15.2 Å². The van der Waals surface area contributed by atoms with E-state index >= 15 is 0 Å². The fraction of sp³-hybridized carbons (Fsp3) is 0.217. The number of carboxylic acid groups (broad SMARTS) is 1. The van der Waals surface area contributed by atoms with Gasteiger partial charge in [-0.1, -0.05) is 62.4 Å². The predicted molar refractivity (Wildman–Crippen MR) is 114 cm³/mol. The third-order valence-corrected chi connectivity index (χ3v) is 5.77. The molecule has 1 aromatic heterocycles. The Hall–Kier alpha value is -2.97. The van der Waals surface area contributed by atoms with Crippen molar-refractivity contribution in [1.29, 1.82) is 5.26 Å². The van der Waals surface area contributed by atoms with Gasteiger partial charge in [-0.2, -0.15) is 5.26 Å². The van der Waals surface area contributed by atoms with Crippen LogP contribution in [0.25, 0.3) is 22.3 Å². The van der Waals surface area contributed by atoms with E-state index in [1.807, 2.05) is 30.5 Å². The Morgan fingerprint density at radius 3 is 2.29 bits per heavy atom. The fourth-order valence-electron chi connectivity index (χ4n) is 3.44. The first-order valence-corrected chi connectivity index (χ1v) is 10.2. The zero-order chi connectivity index (χ0) is 20.4. The number of aromatic carboxylic acids is 1. The summed E-state index contributed by atoms with van der Waals surface area (Å²) in [6.45, 7) is 4.33. The van der Waals surface area contributed by atoms with Crippen LogP contribution < -0.4 is 0 Å². The lowest BCUT2D eigenvalue weighted by Gasteiger charge is -2.09. The van der Waals surface area contributed by atoms with Crippen LogP contribution in [0.15, 0.2) is 53.6 Å². The molecule has 4 nitrogen and oxygen atoms in total. The minimum atomic E-state index is -1.04. The highest BCUT2D eigenvalue weighted by molar-refractivity contribution is 7.98. The van der Waals surface area contributed by atoms with Crippen LogP contribution in [0.3, 0.4) is 0 Å². The summed E-state index contributed by atoms with van der Waals surface area (Å²) in [7, 11) is 1.69. The van der Waals surface area contributed by atoms with Gasteiger partial charge in [-0.05, 0) is 34.4 Å². The van der Waals surface area contributed by atoms with Crippen molar-refractivity contribution in [1.82, 2.24) is 4.57 Å². The Balaban J connectivity index is 2.11. The molecule has 0 fully saturated rings. The van der Waals surface area contributed by atoms with Crippen molar-refractivity contribution in [2.24, 2.45) is 7.05 Å². The highest BCUT2D eigenvalue weighted by Crippen LogP contribution is 2.37. The highest BCUT2D eigenvalue weighted by Gasteiger charge is 2.26. The Morgan fingerprint density at radius 1 is 1.11 bits per heavy atom. The zero-order valence-corrected chi connectivity index (χ0v) is 17.2. The van der Waals surface area contributed by atoms with Crippen LogP contribution in [0.1, 0.15) is 41.4 Å². The van der Waals surface area contributed by atoms with Gasteiger partial charge in [-0.15, -0.1) is 11.8 Å². The molecule has 0 aliphatic rings. The molecule has 0 unspecified atom stereocenters. The van der Waals surface area contributed by atoms with Crippen LogP contribution in [0.5, 0.6) is 0 Å². The number of hydrogen-bond donors (Lipinski definition) is 1. The van der Waals surface area contributed by atoms with Crippen LogP contribution in [-0.4, -0.2) is 21.9 Å². The second-order valence-electron chi connectivity index (χ2n) is 6.94. The standard InChI is InChI=1S/C23H22N2O2S/c1-14(2)17-6-5-7-18(12-17)15-8-10-16(11-9-15)20-19(13-24)22(28-4)25(3)21(20)23(26)27/h5-12,14H,1-4H3,(H,26,27). The van der Waals surface area contributed by atoms with Crippen molar-refractivity contribution in [3.8, 4) is 28.3 Å². The van der Waals surface area contributed by atoms with Crippen molar-refractivity contribution in [3.05, 3.63) is 65.4 Å². The van der Waals surface area contributed by atoms with Gasteiger partial charge in [-0.25, -0.2) is 4.79 Å². The molecule has 0 aliphatic carbocycles. The molecular formula is C23H22N2O2S. The van der Waals surface area contributed by atoms with E-state index in [0.717, 1.165) is 16.7 Å². The molecule has 3 rings (SSSR count). The maximum Gasteiger partial charge on any atom is 0.353 e. The summed E-state index contributed by atoms with van der Waals surface area (Å²) in [5.41, 5.74) is 5.20. The quantitative estimate of drug-likeness (QED) is 0.561. The first-order chi connectivity index (χ1) is 13.4. The molecule has 0 spiro atoms. The third kappa shape index (κ3) is 3.44. The summed E-state index contributed by atoms with van der Waals surface area (Å²) < 4.78 is 1.58. The highest BCUT2D eigenvalue weighted by atomic mass is 32.2. The first-order valence-electron chi connectivity index (χ1n) is 8.99. The molecule has 0 amide bonds. The monoisotopic (exact) mass is 390 g/mol. The van der Waals surface area contributed by atoms with Crippen LogP contribution >= 0.6 is 11.8 Å². The van der Waals surface area contributed by atoms with Gasteiger partial charge in [0.05, 0.1) is 10.6 Å². The predicted octanol–water partition coefficient (Wildman–Crippen LogP) is 5.77. The maximum absolute atomic E-state index is 11.9. The number of rotatable bonds is 5. The molecule has 0 radical (unpaired) electrons. The van der Waals surface area contributed by atoms with Gasteiger partial charge in [0.1, 0.15) is 11.8 Å². The smallest absolute Gasteiger partial charge is 0.353 e. The molecule has 142 valence electrons. The molecule has 0 saturated heterocycles. The maximum atomic E-state index is 11.9. The Bertz CT molecular complexity index is 1070. The number of aromatic nitrogens is 1. The Labute approximate surface area is 169 Å². The molecule has 1 heterocycles. The summed E-state index contributed by atoms with van der Waals surface area (Å²) in [4.78, 5) is 11.9. The van der Waals surface area contributed by atoms with Crippen LogP contribution in [0.4, 0.5) is 0 Å². The second-order valence-corrected chi connectivity index (χ2v) is 7.74. The van der Waals surface area contributed by atoms with Crippen LogP contribution in [0, 0.1) is 11.3 Å². The molecule has 3 aromatic rings. The van der Waals surface area contributed by atoms with E-state index in [1.165, 1.54) is 17.3 Å². The lowest BCUT2D eigenvalue weighted by molar-refractivity contribution is 0.0686. The molecule has 0 atom stereocenters. The van der Waals surface area contributed by atoms with Crippen molar-refractivity contribution < 1.29 is 9.90 Å². The Morgan fingerprint density at radius 2 is 1.75 bits per heavy atom. The molecule has 5 heteroatoms. The van der Waals surface area contributed by atoms with Crippen molar-refractivity contribution in [3.63, 3.8) is 0 Å². The average Bonchev–Trinajstić information content (AvgIpc) is 2.99. The van der Waals surface area contributed by atoms with Crippen molar-refractivity contribution >= 4 is 17.7 Å². The van der Waals surface area contributed by atoms with Gasteiger partial charge in [0.15, 0.2) is 0 Å². The van der Waals surface area contributed by atoms with Gasteiger partial charge in [0, 0.05) is 12.6 Å². The van der Waals surface area contributed by atoms with E-state index in [4.69, 9.17) is 0 Å². The second kappa shape index (κ2) is 7.95. The molecule has 0 saturated carbocycles. The van der Waals surface area contributed by atoms with E-state index in [2.05, 4.69) is 44.2 Å². The largest absolute Gasteiger partial charge is 0.477 e. The molecule has 2 aromatic carbocycles. The molecule has 0 aliphatic heterocycles. The van der Waals surface area contributed by atoms with Gasteiger partial charge in [0.2, 0.25) is 0 Å². The number of carbonyl (C=O) groups is 1. The van der Waals surface area contributed by atoms with E-state index in [1.54, 1.807) is 11.6 Å². The molecule has 1 N–H and O–H groups in total. The normalized spacial score (nSPS) is 10.9. The lowest BCUT2D eigenvalue weighted by Crippen LogP contribution is -2.06. The lowest BCUT2D eigenvalue weighted by atomic mass is 9.95. The number of hydrogen-bond acceptors (Lipinski definition) is 3. The van der Waals surface area contributed by atoms with Gasteiger partial charge < -0.3 is 9.67 Å². The summed E-state index contributed by atoms with van der Waals surface area (Å²) in [5, 5.41) is 20.0. The Kier molecular flexibility index (Phi) is 5.62. The fourth-order valence-corrected chi connectivity index (χ4v) is 4.16.